The first-order valence-corrected chi connectivity index (χ1v) is 8.37. The third-order valence-corrected chi connectivity index (χ3v) is 6.56. The molecule has 1 rings (SSSR count). The van der Waals surface area contributed by atoms with Gasteiger partial charge in [0.1, 0.15) is 6.10 Å². The van der Waals surface area contributed by atoms with E-state index in [0.717, 1.165) is 19.3 Å². The van der Waals surface area contributed by atoms with Crippen LogP contribution in [-0.2, 0) is 22.8 Å². The molecule has 1 aliphatic heterocycles. The predicted molar refractivity (Wildman–Crippen MR) is 70.6 cm³/mol. The van der Waals surface area contributed by atoms with Gasteiger partial charge >= 0.3 is 8.80 Å². The third kappa shape index (κ3) is 4.01. The minimum Gasteiger partial charge on any atom is -0.377 e. The summed E-state index contributed by atoms with van der Waals surface area (Å²) in [6.45, 7) is 4.19. The second-order valence-electron chi connectivity index (χ2n) is 4.55. The minimum absolute atomic E-state index is 0.193. The molecule has 1 atom stereocenters. The van der Waals surface area contributed by atoms with Gasteiger partial charge < -0.3 is 22.8 Å². The van der Waals surface area contributed by atoms with Gasteiger partial charge in [0, 0.05) is 21.3 Å². The molecule has 1 aliphatic rings. The van der Waals surface area contributed by atoms with Crippen LogP contribution in [0.25, 0.3) is 0 Å². The van der Waals surface area contributed by atoms with Crippen molar-refractivity contribution in [2.24, 2.45) is 0 Å². The van der Waals surface area contributed by atoms with Crippen molar-refractivity contribution in [1.82, 2.24) is 0 Å². The molecule has 6 heteroatoms. The summed E-state index contributed by atoms with van der Waals surface area (Å²) in [5, 5.41) is 0. The lowest BCUT2D eigenvalue weighted by atomic mass is 10.2. The quantitative estimate of drug-likeness (QED) is 0.571. The number of hydrogen-bond acceptors (Lipinski definition) is 5. The summed E-state index contributed by atoms with van der Waals surface area (Å²) in [5.41, 5.74) is 0.193. The van der Waals surface area contributed by atoms with Crippen molar-refractivity contribution >= 4 is 8.80 Å². The molecule has 1 heterocycles. The van der Waals surface area contributed by atoms with Crippen molar-refractivity contribution in [3.05, 3.63) is 0 Å². The molecular formula is C12H26O5Si. The van der Waals surface area contributed by atoms with Crippen LogP contribution in [0.5, 0.6) is 0 Å². The highest BCUT2D eigenvalue weighted by Crippen LogP contribution is 2.30. The van der Waals surface area contributed by atoms with Gasteiger partial charge in [-0.15, -0.1) is 0 Å². The summed E-state index contributed by atoms with van der Waals surface area (Å²) in [7, 11) is 2.37. The van der Waals surface area contributed by atoms with Crippen LogP contribution >= 0.6 is 0 Å². The molecule has 18 heavy (non-hydrogen) atoms. The average Bonchev–Trinajstić information content (AvgIpc) is 2.35. The van der Waals surface area contributed by atoms with Crippen LogP contribution in [0.2, 0.25) is 5.54 Å². The van der Waals surface area contributed by atoms with E-state index in [2.05, 4.69) is 6.92 Å². The smallest absolute Gasteiger partial charge is 0.377 e. The van der Waals surface area contributed by atoms with Crippen LogP contribution in [0.4, 0.5) is 0 Å². The number of hydrogen-bond donors (Lipinski definition) is 0. The van der Waals surface area contributed by atoms with E-state index in [1.54, 1.807) is 21.3 Å². The Balaban J connectivity index is 2.54. The Labute approximate surface area is 111 Å². The van der Waals surface area contributed by atoms with Gasteiger partial charge in [-0.2, -0.15) is 0 Å². The lowest BCUT2D eigenvalue weighted by Crippen LogP contribution is -2.50. The Morgan fingerprint density at radius 2 is 1.78 bits per heavy atom. The number of rotatable bonds is 10. The molecule has 0 bridgehead atoms. The van der Waals surface area contributed by atoms with Gasteiger partial charge in [-0.25, -0.2) is 0 Å². The van der Waals surface area contributed by atoms with E-state index in [1.807, 2.05) is 0 Å². The Hall–Kier alpha value is 0.0169. The minimum atomic E-state index is -2.61. The van der Waals surface area contributed by atoms with Gasteiger partial charge in [-0.1, -0.05) is 19.8 Å². The van der Waals surface area contributed by atoms with Crippen molar-refractivity contribution in [1.29, 1.82) is 0 Å². The third-order valence-electron chi connectivity index (χ3n) is 3.40. The number of ether oxygens (including phenoxy) is 2. The SMILES string of the molecule is CCCCC(COC1COC1)[Si](OC)(OC)OC. The molecule has 108 valence electrons. The van der Waals surface area contributed by atoms with E-state index in [4.69, 9.17) is 22.8 Å². The summed E-state index contributed by atoms with van der Waals surface area (Å²) in [6, 6.07) is 0. The largest absolute Gasteiger partial charge is 0.505 e. The van der Waals surface area contributed by atoms with Crippen molar-refractivity contribution in [2.45, 2.75) is 37.8 Å². The molecule has 5 nitrogen and oxygen atoms in total. The van der Waals surface area contributed by atoms with Crippen molar-refractivity contribution in [3.63, 3.8) is 0 Å². The molecule has 0 radical (unpaired) electrons. The molecule has 0 aliphatic carbocycles. The van der Waals surface area contributed by atoms with Gasteiger partial charge in [-0.05, 0) is 6.42 Å². The summed E-state index contributed by atoms with van der Waals surface area (Å²) < 4.78 is 27.6. The summed E-state index contributed by atoms with van der Waals surface area (Å²) in [5.74, 6) is 0. The average molecular weight is 278 g/mol. The zero-order valence-electron chi connectivity index (χ0n) is 11.9. The van der Waals surface area contributed by atoms with E-state index < -0.39 is 8.80 Å². The molecule has 1 saturated heterocycles. The van der Waals surface area contributed by atoms with Gasteiger partial charge in [0.2, 0.25) is 0 Å². The topological polar surface area (TPSA) is 46.2 Å². The molecule has 0 amide bonds. The molecule has 0 spiro atoms. The molecule has 1 fully saturated rings. The lowest BCUT2D eigenvalue weighted by Gasteiger charge is -2.34. The molecule has 0 saturated carbocycles. The molecule has 0 aromatic heterocycles. The Bertz CT molecular complexity index is 210. The zero-order valence-corrected chi connectivity index (χ0v) is 12.9. The van der Waals surface area contributed by atoms with Gasteiger partial charge in [0.05, 0.1) is 25.4 Å². The summed E-state index contributed by atoms with van der Waals surface area (Å²) in [6.07, 6.45) is 3.50. The van der Waals surface area contributed by atoms with Crippen LogP contribution in [-0.4, -0.2) is 56.1 Å². The van der Waals surface area contributed by atoms with E-state index in [1.165, 1.54) is 0 Å². The zero-order chi connectivity index (χ0) is 13.4. The van der Waals surface area contributed by atoms with E-state index in [9.17, 15) is 0 Å². The van der Waals surface area contributed by atoms with Crippen LogP contribution in [0.3, 0.4) is 0 Å². The lowest BCUT2D eigenvalue weighted by molar-refractivity contribution is -0.132. The highest BCUT2D eigenvalue weighted by atomic mass is 28.4. The molecular weight excluding hydrogens is 252 g/mol. The maximum atomic E-state index is 5.82. The summed E-state index contributed by atoms with van der Waals surface area (Å²) in [4.78, 5) is 0. The van der Waals surface area contributed by atoms with Crippen LogP contribution in [0.15, 0.2) is 0 Å². The molecule has 0 N–H and O–H groups in total. The van der Waals surface area contributed by atoms with Gasteiger partial charge in [0.15, 0.2) is 0 Å². The van der Waals surface area contributed by atoms with Gasteiger partial charge in [-0.3, -0.25) is 0 Å². The van der Waals surface area contributed by atoms with Gasteiger partial charge in [0.25, 0.3) is 0 Å². The van der Waals surface area contributed by atoms with E-state index in [-0.39, 0.29) is 11.6 Å². The fraction of sp³-hybridized carbons (Fsp3) is 1.00. The Kier molecular flexibility index (Phi) is 7.36. The molecule has 0 aromatic rings. The van der Waals surface area contributed by atoms with E-state index >= 15 is 0 Å². The second-order valence-corrected chi connectivity index (χ2v) is 7.80. The standard InChI is InChI=1S/C12H26O5Si/c1-5-6-7-12(10-17-11-8-16-9-11)18(13-2,14-3)15-4/h11-12H,5-10H2,1-4H3. The van der Waals surface area contributed by atoms with Crippen molar-refractivity contribution < 1.29 is 22.8 Å². The second kappa shape index (κ2) is 8.24. The normalized spacial score (nSPS) is 18.7. The molecule has 0 aromatic carbocycles. The van der Waals surface area contributed by atoms with Crippen molar-refractivity contribution in [3.8, 4) is 0 Å². The monoisotopic (exact) mass is 278 g/mol. The first-order chi connectivity index (χ1) is 8.72. The number of unbranched alkanes of at least 4 members (excludes halogenated alkanes) is 1. The van der Waals surface area contributed by atoms with Crippen LogP contribution < -0.4 is 0 Å². The fourth-order valence-corrected chi connectivity index (χ4v) is 4.48. The van der Waals surface area contributed by atoms with Crippen LogP contribution in [0.1, 0.15) is 26.2 Å². The Morgan fingerprint density at radius 1 is 1.17 bits per heavy atom. The first-order valence-electron chi connectivity index (χ1n) is 6.57. The Morgan fingerprint density at radius 3 is 2.17 bits per heavy atom. The fourth-order valence-electron chi connectivity index (χ4n) is 2.13. The first kappa shape index (κ1) is 16.1. The maximum absolute atomic E-state index is 5.82. The van der Waals surface area contributed by atoms with Crippen LogP contribution in [0, 0.1) is 0 Å². The van der Waals surface area contributed by atoms with Crippen molar-refractivity contribution in [2.75, 3.05) is 41.2 Å². The predicted octanol–water partition coefficient (Wildman–Crippen LogP) is 1.84. The molecule has 1 unspecified atom stereocenters. The highest BCUT2D eigenvalue weighted by Gasteiger charge is 2.47. The summed E-state index contributed by atoms with van der Waals surface area (Å²) >= 11 is 0. The van der Waals surface area contributed by atoms with E-state index in [0.29, 0.717) is 19.8 Å². The maximum Gasteiger partial charge on any atom is 0.505 e. The highest BCUT2D eigenvalue weighted by molar-refractivity contribution is 6.62.